The second-order valence-electron chi connectivity index (χ2n) is 6.69. The molecule has 5 heteroatoms. The van der Waals surface area contributed by atoms with Crippen molar-refractivity contribution in [3.05, 3.63) is 65.8 Å². The van der Waals surface area contributed by atoms with E-state index in [0.29, 0.717) is 11.8 Å². The van der Waals surface area contributed by atoms with Crippen LogP contribution in [0.3, 0.4) is 0 Å². The predicted molar refractivity (Wildman–Crippen MR) is 96.0 cm³/mol. The Labute approximate surface area is 147 Å². The Morgan fingerprint density at radius 2 is 2.08 bits per heavy atom. The van der Waals surface area contributed by atoms with E-state index < -0.39 is 0 Å². The van der Waals surface area contributed by atoms with E-state index in [0.717, 1.165) is 43.9 Å². The summed E-state index contributed by atoms with van der Waals surface area (Å²) in [6, 6.07) is 12.4. The maximum Gasteiger partial charge on any atom is 0.249 e. The molecule has 3 aromatic rings. The van der Waals surface area contributed by atoms with E-state index >= 15 is 0 Å². The number of aromatic nitrogens is 3. The Bertz CT molecular complexity index is 830. The number of aryl methyl sites for hydroxylation is 1. The van der Waals surface area contributed by atoms with Crippen LogP contribution in [0.4, 0.5) is 0 Å². The molecule has 25 heavy (non-hydrogen) atoms. The van der Waals surface area contributed by atoms with Crippen LogP contribution in [0.2, 0.25) is 0 Å². The molecular weight excluding hydrogens is 312 g/mol. The van der Waals surface area contributed by atoms with Crippen molar-refractivity contribution in [1.29, 1.82) is 0 Å². The number of benzene rings is 1. The standard InChI is InChI=1S/C20H22N4O/c1-15-6-2-3-7-17(15)13-24-11-5-9-18(14-24)20-23-22-19(25-20)16-8-4-10-21-12-16/h2-4,6-8,10,12,18H,5,9,11,13-14H2,1H3. The molecule has 0 radical (unpaired) electrons. The average molecular weight is 334 g/mol. The first-order valence-corrected chi connectivity index (χ1v) is 8.80. The molecule has 5 nitrogen and oxygen atoms in total. The molecule has 0 saturated carbocycles. The van der Waals surface area contributed by atoms with Gasteiger partial charge in [0.25, 0.3) is 0 Å². The lowest BCUT2D eigenvalue weighted by atomic mass is 9.97. The summed E-state index contributed by atoms with van der Waals surface area (Å²) in [6.45, 7) is 5.24. The van der Waals surface area contributed by atoms with E-state index in [4.69, 9.17) is 4.42 Å². The van der Waals surface area contributed by atoms with Crippen LogP contribution in [0, 0.1) is 6.92 Å². The molecule has 0 bridgehead atoms. The Hall–Kier alpha value is -2.53. The van der Waals surface area contributed by atoms with Gasteiger partial charge in [0, 0.05) is 25.5 Å². The number of hydrogen-bond donors (Lipinski definition) is 0. The van der Waals surface area contributed by atoms with Crippen LogP contribution in [-0.2, 0) is 6.54 Å². The summed E-state index contributed by atoms with van der Waals surface area (Å²) in [7, 11) is 0. The molecule has 1 aliphatic rings. The molecule has 2 aromatic heterocycles. The first-order valence-electron chi connectivity index (χ1n) is 8.80. The van der Waals surface area contributed by atoms with Crippen molar-refractivity contribution in [1.82, 2.24) is 20.1 Å². The summed E-state index contributed by atoms with van der Waals surface area (Å²) in [5.41, 5.74) is 3.61. The van der Waals surface area contributed by atoms with E-state index in [-0.39, 0.29) is 0 Å². The molecule has 128 valence electrons. The largest absolute Gasteiger partial charge is 0.420 e. The van der Waals surface area contributed by atoms with E-state index in [9.17, 15) is 0 Å². The SMILES string of the molecule is Cc1ccccc1CN1CCCC(c2nnc(-c3cccnc3)o2)C1. The highest BCUT2D eigenvalue weighted by molar-refractivity contribution is 5.50. The van der Waals surface area contributed by atoms with Gasteiger partial charge in [0.2, 0.25) is 11.8 Å². The second kappa shape index (κ2) is 7.15. The lowest BCUT2D eigenvalue weighted by Crippen LogP contribution is -2.34. The normalized spacial score (nSPS) is 18.4. The van der Waals surface area contributed by atoms with Gasteiger partial charge < -0.3 is 4.42 Å². The van der Waals surface area contributed by atoms with Crippen molar-refractivity contribution in [2.24, 2.45) is 0 Å². The quantitative estimate of drug-likeness (QED) is 0.726. The van der Waals surface area contributed by atoms with E-state index in [1.807, 2.05) is 12.1 Å². The molecule has 1 aliphatic heterocycles. The Balaban J connectivity index is 1.46. The number of nitrogens with zero attached hydrogens (tertiary/aromatic N) is 4. The highest BCUT2D eigenvalue weighted by Crippen LogP contribution is 2.29. The summed E-state index contributed by atoms with van der Waals surface area (Å²) in [4.78, 5) is 6.60. The Morgan fingerprint density at radius 3 is 2.92 bits per heavy atom. The maximum absolute atomic E-state index is 5.94. The van der Waals surface area contributed by atoms with Gasteiger partial charge in [-0.15, -0.1) is 10.2 Å². The van der Waals surface area contributed by atoms with Crippen LogP contribution < -0.4 is 0 Å². The van der Waals surface area contributed by atoms with Gasteiger partial charge in [-0.05, 0) is 49.6 Å². The van der Waals surface area contributed by atoms with E-state index in [1.165, 1.54) is 11.1 Å². The number of piperidine rings is 1. The molecule has 3 heterocycles. The van der Waals surface area contributed by atoms with E-state index in [2.05, 4.69) is 51.3 Å². The van der Waals surface area contributed by atoms with Crippen LogP contribution in [-0.4, -0.2) is 33.2 Å². The van der Waals surface area contributed by atoms with Crippen LogP contribution >= 0.6 is 0 Å². The first-order chi connectivity index (χ1) is 12.3. The topological polar surface area (TPSA) is 55.1 Å². The molecule has 0 aliphatic carbocycles. The summed E-state index contributed by atoms with van der Waals surface area (Å²) in [5.74, 6) is 1.60. The van der Waals surface area contributed by atoms with Crippen molar-refractivity contribution < 1.29 is 4.42 Å². The van der Waals surface area contributed by atoms with Crippen molar-refractivity contribution in [2.45, 2.75) is 32.2 Å². The fourth-order valence-electron chi connectivity index (χ4n) is 3.43. The second-order valence-corrected chi connectivity index (χ2v) is 6.69. The number of likely N-dealkylation sites (tertiary alicyclic amines) is 1. The minimum absolute atomic E-state index is 0.302. The fraction of sp³-hybridized carbons (Fsp3) is 0.350. The highest BCUT2D eigenvalue weighted by Gasteiger charge is 2.26. The minimum atomic E-state index is 0.302. The Morgan fingerprint density at radius 1 is 1.16 bits per heavy atom. The molecule has 1 fully saturated rings. The van der Waals surface area contributed by atoms with Gasteiger partial charge in [0.05, 0.1) is 11.5 Å². The van der Waals surface area contributed by atoms with Gasteiger partial charge in [-0.25, -0.2) is 0 Å². The predicted octanol–water partition coefficient (Wildman–Crippen LogP) is 3.82. The van der Waals surface area contributed by atoms with Crippen molar-refractivity contribution in [3.8, 4) is 11.5 Å². The molecule has 1 saturated heterocycles. The third-order valence-electron chi connectivity index (χ3n) is 4.86. The first kappa shape index (κ1) is 16.0. The zero-order valence-electron chi connectivity index (χ0n) is 14.4. The molecule has 0 amide bonds. The highest BCUT2D eigenvalue weighted by atomic mass is 16.4. The van der Waals surface area contributed by atoms with Crippen molar-refractivity contribution >= 4 is 0 Å². The summed E-state index contributed by atoms with van der Waals surface area (Å²) >= 11 is 0. The van der Waals surface area contributed by atoms with Crippen molar-refractivity contribution in [2.75, 3.05) is 13.1 Å². The van der Waals surface area contributed by atoms with Crippen LogP contribution in [0.15, 0.2) is 53.2 Å². The summed E-state index contributed by atoms with van der Waals surface area (Å²) < 4.78 is 5.94. The molecular formula is C20H22N4O. The van der Waals surface area contributed by atoms with Gasteiger partial charge in [-0.1, -0.05) is 24.3 Å². The van der Waals surface area contributed by atoms with Crippen LogP contribution in [0.1, 0.15) is 35.8 Å². The zero-order valence-corrected chi connectivity index (χ0v) is 14.4. The third-order valence-corrected chi connectivity index (χ3v) is 4.86. The summed E-state index contributed by atoms with van der Waals surface area (Å²) in [5, 5.41) is 8.51. The minimum Gasteiger partial charge on any atom is -0.420 e. The zero-order chi connectivity index (χ0) is 17.1. The molecule has 0 spiro atoms. The maximum atomic E-state index is 5.94. The molecule has 0 N–H and O–H groups in total. The van der Waals surface area contributed by atoms with Gasteiger partial charge in [0.1, 0.15) is 0 Å². The number of pyridine rings is 1. The van der Waals surface area contributed by atoms with Gasteiger partial charge >= 0.3 is 0 Å². The lowest BCUT2D eigenvalue weighted by Gasteiger charge is -2.31. The number of hydrogen-bond acceptors (Lipinski definition) is 5. The molecule has 1 unspecified atom stereocenters. The third kappa shape index (κ3) is 3.61. The summed E-state index contributed by atoms with van der Waals surface area (Å²) in [6.07, 6.45) is 5.74. The molecule has 4 rings (SSSR count). The number of rotatable bonds is 4. The molecule has 1 atom stereocenters. The monoisotopic (exact) mass is 334 g/mol. The smallest absolute Gasteiger partial charge is 0.249 e. The van der Waals surface area contributed by atoms with Crippen LogP contribution in [0.25, 0.3) is 11.5 Å². The molecule has 1 aromatic carbocycles. The van der Waals surface area contributed by atoms with E-state index in [1.54, 1.807) is 12.4 Å². The van der Waals surface area contributed by atoms with Gasteiger partial charge in [0.15, 0.2) is 0 Å². The Kier molecular flexibility index (Phi) is 4.57. The van der Waals surface area contributed by atoms with Gasteiger partial charge in [-0.2, -0.15) is 0 Å². The lowest BCUT2D eigenvalue weighted by molar-refractivity contribution is 0.186. The van der Waals surface area contributed by atoms with Crippen LogP contribution in [0.5, 0.6) is 0 Å². The fourth-order valence-corrected chi connectivity index (χ4v) is 3.43. The van der Waals surface area contributed by atoms with Crippen molar-refractivity contribution in [3.63, 3.8) is 0 Å². The van der Waals surface area contributed by atoms with Gasteiger partial charge in [-0.3, -0.25) is 9.88 Å². The average Bonchev–Trinajstić information content (AvgIpc) is 3.15.